The molecule has 0 N–H and O–H groups in total. The molecule has 0 bridgehead atoms. The normalized spacial score (nSPS) is 18.3. The van der Waals surface area contributed by atoms with Crippen LogP contribution in [0.2, 0.25) is 0 Å². The fraction of sp³-hybridized carbons (Fsp3) is 0.444. The topological polar surface area (TPSA) is 12.5 Å². The summed E-state index contributed by atoms with van der Waals surface area (Å²) in [5.41, 5.74) is 0.923. The molecule has 1 aliphatic heterocycles. The van der Waals surface area contributed by atoms with Gasteiger partial charge in [0.15, 0.2) is 0 Å². The average molecular weight is 319 g/mol. The first kappa shape index (κ1) is 15.5. The van der Waals surface area contributed by atoms with Crippen molar-refractivity contribution in [3.05, 3.63) is 52.2 Å². The van der Waals surface area contributed by atoms with Crippen molar-refractivity contribution in [1.82, 2.24) is 4.90 Å². The Hall–Kier alpha value is -1.39. The van der Waals surface area contributed by atoms with Crippen molar-refractivity contribution in [1.29, 1.82) is 0 Å². The second-order valence-electron chi connectivity index (χ2n) is 5.92. The average Bonchev–Trinajstić information content (AvgIpc) is 3.08. The van der Waals surface area contributed by atoms with Gasteiger partial charge in [-0.3, -0.25) is 0 Å². The van der Waals surface area contributed by atoms with Gasteiger partial charge >= 0.3 is 0 Å². The molecule has 0 spiro atoms. The lowest BCUT2D eigenvalue weighted by molar-refractivity contribution is 0.0564. The molecule has 22 heavy (non-hydrogen) atoms. The van der Waals surface area contributed by atoms with Crippen LogP contribution in [0.25, 0.3) is 0 Å². The second kappa shape index (κ2) is 6.80. The predicted molar refractivity (Wildman–Crippen MR) is 89.5 cm³/mol. The summed E-state index contributed by atoms with van der Waals surface area (Å²) in [5, 5.41) is 4.31. The molecule has 0 atom stereocenters. The number of ether oxygens (including phenoxy) is 1. The summed E-state index contributed by atoms with van der Waals surface area (Å²) in [4.78, 5) is 2.37. The van der Waals surface area contributed by atoms with Crippen molar-refractivity contribution in [2.75, 3.05) is 26.7 Å². The molecule has 118 valence electrons. The van der Waals surface area contributed by atoms with Gasteiger partial charge in [-0.15, -0.1) is 0 Å². The largest absolute Gasteiger partial charge is 0.497 e. The standard InChI is InChI=1S/C18H22FNOS/c1-21-17-4-2-3-16(13-17)18(19)7-10-20(11-8-18)9-5-15-6-12-22-14-15/h2-4,6,12-14H,5,7-11H2,1H3. The minimum Gasteiger partial charge on any atom is -0.497 e. The number of hydrogen-bond acceptors (Lipinski definition) is 3. The number of nitrogens with zero attached hydrogens (tertiary/aromatic N) is 1. The first-order valence-electron chi connectivity index (χ1n) is 7.76. The molecule has 4 heteroatoms. The van der Waals surface area contributed by atoms with Crippen LogP contribution in [0.5, 0.6) is 5.75 Å². The summed E-state index contributed by atoms with van der Waals surface area (Å²) in [5.74, 6) is 0.731. The zero-order valence-electron chi connectivity index (χ0n) is 12.9. The van der Waals surface area contributed by atoms with Crippen molar-refractivity contribution in [2.45, 2.75) is 24.9 Å². The molecule has 0 amide bonds. The number of halogens is 1. The lowest BCUT2D eigenvalue weighted by Crippen LogP contribution is -2.41. The van der Waals surface area contributed by atoms with E-state index in [9.17, 15) is 0 Å². The van der Waals surface area contributed by atoms with Gasteiger partial charge in [0.1, 0.15) is 11.4 Å². The molecule has 0 saturated carbocycles. The minimum atomic E-state index is -1.21. The molecule has 0 radical (unpaired) electrons. The summed E-state index contributed by atoms with van der Waals surface area (Å²) in [6.07, 6.45) is 2.18. The van der Waals surface area contributed by atoms with Gasteiger partial charge in [-0.1, -0.05) is 12.1 Å². The number of alkyl halides is 1. The summed E-state index contributed by atoms with van der Waals surface area (Å²) in [7, 11) is 1.62. The van der Waals surface area contributed by atoms with E-state index in [1.165, 1.54) is 5.56 Å². The molecule has 2 heterocycles. The third-order valence-corrected chi connectivity index (χ3v) is 5.26. The monoisotopic (exact) mass is 319 g/mol. The van der Waals surface area contributed by atoms with E-state index in [-0.39, 0.29) is 0 Å². The maximum Gasteiger partial charge on any atom is 0.138 e. The zero-order chi connectivity index (χ0) is 15.4. The maximum absolute atomic E-state index is 15.2. The van der Waals surface area contributed by atoms with E-state index in [2.05, 4.69) is 21.7 Å². The third kappa shape index (κ3) is 3.50. The Balaban J connectivity index is 1.57. The molecular formula is C18H22FNOS. The Labute approximate surface area is 135 Å². The number of likely N-dealkylation sites (tertiary alicyclic amines) is 1. The number of benzene rings is 1. The van der Waals surface area contributed by atoms with E-state index in [0.29, 0.717) is 12.8 Å². The first-order chi connectivity index (χ1) is 10.7. The highest BCUT2D eigenvalue weighted by molar-refractivity contribution is 7.07. The van der Waals surface area contributed by atoms with Crippen LogP contribution in [0.3, 0.4) is 0 Å². The van der Waals surface area contributed by atoms with E-state index < -0.39 is 5.67 Å². The molecule has 1 aromatic carbocycles. The summed E-state index contributed by atoms with van der Waals surface area (Å²) >= 11 is 1.74. The summed E-state index contributed by atoms with van der Waals surface area (Å²) in [6, 6.07) is 9.62. The number of rotatable bonds is 5. The molecular weight excluding hydrogens is 297 g/mol. The lowest BCUT2D eigenvalue weighted by atomic mass is 9.86. The molecule has 1 aliphatic rings. The van der Waals surface area contributed by atoms with Crippen molar-refractivity contribution >= 4 is 11.3 Å². The summed E-state index contributed by atoms with van der Waals surface area (Å²) < 4.78 is 20.4. The van der Waals surface area contributed by atoms with E-state index in [0.717, 1.165) is 37.4 Å². The van der Waals surface area contributed by atoms with Crippen LogP contribution in [0.15, 0.2) is 41.1 Å². The molecule has 1 fully saturated rings. The van der Waals surface area contributed by atoms with Gasteiger partial charge in [-0.2, -0.15) is 11.3 Å². The van der Waals surface area contributed by atoms with E-state index >= 15 is 4.39 Å². The Morgan fingerprint density at radius 1 is 1.27 bits per heavy atom. The van der Waals surface area contributed by atoms with Crippen molar-refractivity contribution in [3.8, 4) is 5.75 Å². The highest BCUT2D eigenvalue weighted by Crippen LogP contribution is 2.38. The van der Waals surface area contributed by atoms with Crippen molar-refractivity contribution < 1.29 is 9.13 Å². The second-order valence-corrected chi connectivity index (χ2v) is 6.70. The Morgan fingerprint density at radius 2 is 2.09 bits per heavy atom. The van der Waals surface area contributed by atoms with E-state index in [4.69, 9.17) is 4.74 Å². The minimum absolute atomic E-state index is 0.559. The van der Waals surface area contributed by atoms with Crippen molar-refractivity contribution in [3.63, 3.8) is 0 Å². The fourth-order valence-corrected chi connectivity index (χ4v) is 3.75. The van der Waals surface area contributed by atoms with Gasteiger partial charge in [-0.05, 0) is 59.3 Å². The van der Waals surface area contributed by atoms with Crippen LogP contribution in [0.1, 0.15) is 24.0 Å². The molecule has 0 unspecified atom stereocenters. The van der Waals surface area contributed by atoms with Crippen LogP contribution in [0, 0.1) is 0 Å². The fourth-order valence-electron chi connectivity index (χ4n) is 3.04. The van der Waals surface area contributed by atoms with E-state index in [1.54, 1.807) is 18.4 Å². The number of thiophene rings is 1. The van der Waals surface area contributed by atoms with Crippen molar-refractivity contribution in [2.24, 2.45) is 0 Å². The Morgan fingerprint density at radius 3 is 2.77 bits per heavy atom. The predicted octanol–water partition coefficient (Wildman–Crippen LogP) is 4.26. The lowest BCUT2D eigenvalue weighted by Gasteiger charge is -2.36. The number of piperidine rings is 1. The zero-order valence-corrected chi connectivity index (χ0v) is 13.7. The van der Waals surface area contributed by atoms with Gasteiger partial charge in [0.25, 0.3) is 0 Å². The van der Waals surface area contributed by atoms with Crippen LogP contribution in [0.4, 0.5) is 4.39 Å². The van der Waals surface area contributed by atoms with Crippen LogP contribution in [-0.4, -0.2) is 31.6 Å². The molecule has 1 aromatic heterocycles. The first-order valence-corrected chi connectivity index (χ1v) is 8.71. The molecule has 0 aliphatic carbocycles. The maximum atomic E-state index is 15.2. The van der Waals surface area contributed by atoms with Crippen LogP contribution >= 0.6 is 11.3 Å². The molecule has 2 nitrogen and oxygen atoms in total. The number of hydrogen-bond donors (Lipinski definition) is 0. The van der Waals surface area contributed by atoms with Gasteiger partial charge in [0, 0.05) is 19.6 Å². The number of methoxy groups -OCH3 is 1. The molecule has 1 saturated heterocycles. The van der Waals surface area contributed by atoms with Crippen LogP contribution in [-0.2, 0) is 12.1 Å². The molecule has 2 aromatic rings. The highest BCUT2D eigenvalue weighted by atomic mass is 32.1. The summed E-state index contributed by atoms with van der Waals surface area (Å²) in [6.45, 7) is 2.65. The van der Waals surface area contributed by atoms with Crippen LogP contribution < -0.4 is 4.74 Å². The van der Waals surface area contributed by atoms with Gasteiger partial charge < -0.3 is 9.64 Å². The highest BCUT2D eigenvalue weighted by Gasteiger charge is 2.36. The SMILES string of the molecule is COc1cccc(C2(F)CCN(CCc3ccsc3)CC2)c1. The molecule has 3 rings (SSSR count). The Bertz CT molecular complexity index is 591. The van der Waals surface area contributed by atoms with Gasteiger partial charge in [-0.25, -0.2) is 4.39 Å². The smallest absolute Gasteiger partial charge is 0.138 e. The van der Waals surface area contributed by atoms with Gasteiger partial charge in [0.2, 0.25) is 0 Å². The quantitative estimate of drug-likeness (QED) is 0.816. The van der Waals surface area contributed by atoms with E-state index in [1.807, 2.05) is 24.3 Å². The van der Waals surface area contributed by atoms with Gasteiger partial charge in [0.05, 0.1) is 7.11 Å². The Kier molecular flexibility index (Phi) is 4.79. The third-order valence-electron chi connectivity index (χ3n) is 4.53.